The molecule has 1 aromatic heterocycles. The summed E-state index contributed by atoms with van der Waals surface area (Å²) in [5, 5.41) is 4.20. The molecule has 0 saturated carbocycles. The van der Waals surface area contributed by atoms with Gasteiger partial charge < -0.3 is 14.8 Å². The highest BCUT2D eigenvalue weighted by atomic mass is 35.5. The van der Waals surface area contributed by atoms with Crippen molar-refractivity contribution in [2.24, 2.45) is 0 Å². The van der Waals surface area contributed by atoms with Crippen LogP contribution in [0.5, 0.6) is 11.5 Å². The van der Waals surface area contributed by atoms with Crippen LogP contribution in [0.25, 0.3) is 0 Å². The highest BCUT2D eigenvalue weighted by molar-refractivity contribution is 7.13. The van der Waals surface area contributed by atoms with Crippen molar-refractivity contribution in [1.29, 1.82) is 0 Å². The van der Waals surface area contributed by atoms with Crippen molar-refractivity contribution in [3.63, 3.8) is 0 Å². The van der Waals surface area contributed by atoms with Crippen molar-refractivity contribution in [2.45, 2.75) is 20.5 Å². The molecule has 0 unspecified atom stereocenters. The van der Waals surface area contributed by atoms with Crippen LogP contribution in [-0.2, 0) is 6.61 Å². The van der Waals surface area contributed by atoms with Gasteiger partial charge in [0.25, 0.3) is 5.91 Å². The number of hydrogen-bond acceptors (Lipinski definition) is 5. The molecule has 0 aliphatic heterocycles. The van der Waals surface area contributed by atoms with Gasteiger partial charge in [0.15, 0.2) is 0 Å². The number of aromatic nitrogens is 1. The van der Waals surface area contributed by atoms with Gasteiger partial charge in [-0.2, -0.15) is 0 Å². The van der Waals surface area contributed by atoms with E-state index >= 15 is 0 Å². The molecule has 0 spiro atoms. The third kappa shape index (κ3) is 4.59. The Bertz CT molecular complexity index is 957. The molecular formula is C20H19ClN2O3S. The second-order valence-corrected chi connectivity index (χ2v) is 7.37. The van der Waals surface area contributed by atoms with E-state index in [1.807, 2.05) is 44.2 Å². The number of benzene rings is 2. The first-order valence-corrected chi connectivity index (χ1v) is 9.47. The molecule has 0 atom stereocenters. The minimum Gasteiger partial charge on any atom is -0.495 e. The summed E-state index contributed by atoms with van der Waals surface area (Å²) < 4.78 is 11.0. The molecule has 1 N–H and O–H groups in total. The van der Waals surface area contributed by atoms with Crippen LogP contribution in [0.1, 0.15) is 25.9 Å². The first-order chi connectivity index (χ1) is 13.0. The third-order valence-electron chi connectivity index (χ3n) is 3.88. The van der Waals surface area contributed by atoms with Crippen molar-refractivity contribution >= 4 is 34.5 Å². The van der Waals surface area contributed by atoms with Crippen molar-refractivity contribution in [2.75, 3.05) is 12.4 Å². The van der Waals surface area contributed by atoms with Gasteiger partial charge in [-0.1, -0.05) is 29.8 Å². The Balaban J connectivity index is 1.74. The SMILES string of the molecule is COc1cc(Cl)c(C)cc1NC(=O)c1sc(COc2ccccc2)nc1C. The lowest BCUT2D eigenvalue weighted by molar-refractivity contribution is 0.102. The molecule has 0 aliphatic carbocycles. The minimum atomic E-state index is -0.240. The molecule has 7 heteroatoms. The summed E-state index contributed by atoms with van der Waals surface area (Å²) in [6.45, 7) is 3.99. The van der Waals surface area contributed by atoms with Gasteiger partial charge in [0.05, 0.1) is 18.5 Å². The predicted octanol–water partition coefficient (Wildman–Crippen LogP) is 5.25. The standard InChI is InChI=1S/C20H19ClN2O3S/c1-12-9-16(17(25-3)10-15(12)21)23-20(24)19-13(2)22-18(27-19)11-26-14-7-5-4-6-8-14/h4-10H,11H2,1-3H3,(H,23,24). The molecule has 5 nitrogen and oxygen atoms in total. The Morgan fingerprint density at radius 2 is 1.96 bits per heavy atom. The molecule has 0 fully saturated rings. The number of aryl methyl sites for hydroxylation is 2. The number of para-hydroxylation sites is 1. The number of hydrogen-bond donors (Lipinski definition) is 1. The van der Waals surface area contributed by atoms with Crippen molar-refractivity contribution in [3.05, 3.63) is 68.6 Å². The molecule has 27 heavy (non-hydrogen) atoms. The second kappa shape index (κ2) is 8.41. The number of amides is 1. The highest BCUT2D eigenvalue weighted by Gasteiger charge is 2.18. The fourth-order valence-corrected chi connectivity index (χ4v) is 3.52. The maximum Gasteiger partial charge on any atom is 0.267 e. The van der Waals surface area contributed by atoms with Crippen molar-refractivity contribution < 1.29 is 14.3 Å². The van der Waals surface area contributed by atoms with E-state index in [4.69, 9.17) is 21.1 Å². The van der Waals surface area contributed by atoms with Crippen LogP contribution in [0.2, 0.25) is 5.02 Å². The highest BCUT2D eigenvalue weighted by Crippen LogP contribution is 2.32. The fourth-order valence-electron chi connectivity index (χ4n) is 2.50. The zero-order valence-corrected chi connectivity index (χ0v) is 16.8. The van der Waals surface area contributed by atoms with E-state index in [0.717, 1.165) is 16.3 Å². The lowest BCUT2D eigenvalue weighted by Crippen LogP contribution is -2.12. The van der Waals surface area contributed by atoms with Crippen LogP contribution in [0, 0.1) is 13.8 Å². The molecule has 3 rings (SSSR count). The first-order valence-electron chi connectivity index (χ1n) is 8.27. The summed E-state index contributed by atoms with van der Waals surface area (Å²) >= 11 is 7.43. The maximum atomic E-state index is 12.7. The van der Waals surface area contributed by atoms with E-state index in [0.29, 0.717) is 33.6 Å². The van der Waals surface area contributed by atoms with Crippen LogP contribution >= 0.6 is 22.9 Å². The average molecular weight is 403 g/mol. The quantitative estimate of drug-likeness (QED) is 0.611. The molecule has 140 valence electrons. The summed E-state index contributed by atoms with van der Waals surface area (Å²) in [4.78, 5) is 17.7. The first kappa shape index (κ1) is 19.2. The van der Waals surface area contributed by atoms with Crippen LogP contribution < -0.4 is 14.8 Å². The Hall–Kier alpha value is -2.57. The van der Waals surface area contributed by atoms with Gasteiger partial charge in [0, 0.05) is 11.1 Å². The van der Waals surface area contributed by atoms with Gasteiger partial charge in [0.2, 0.25) is 0 Å². The number of rotatable bonds is 6. The average Bonchev–Trinajstić information content (AvgIpc) is 3.04. The normalized spacial score (nSPS) is 10.5. The van der Waals surface area contributed by atoms with E-state index in [9.17, 15) is 4.79 Å². The summed E-state index contributed by atoms with van der Waals surface area (Å²) in [6, 6.07) is 13.0. The summed E-state index contributed by atoms with van der Waals surface area (Å²) in [5.74, 6) is 1.03. The summed E-state index contributed by atoms with van der Waals surface area (Å²) in [6.07, 6.45) is 0. The van der Waals surface area contributed by atoms with Gasteiger partial charge >= 0.3 is 0 Å². The lowest BCUT2D eigenvalue weighted by Gasteiger charge is -2.11. The summed E-state index contributed by atoms with van der Waals surface area (Å²) in [5.41, 5.74) is 2.08. The van der Waals surface area contributed by atoms with Gasteiger partial charge in [-0.3, -0.25) is 4.79 Å². The molecule has 0 saturated heterocycles. The largest absolute Gasteiger partial charge is 0.495 e. The van der Waals surface area contributed by atoms with Crippen molar-refractivity contribution in [3.8, 4) is 11.5 Å². The number of nitrogens with one attached hydrogen (secondary N) is 1. The molecule has 3 aromatic rings. The van der Waals surface area contributed by atoms with E-state index in [-0.39, 0.29) is 5.91 Å². The van der Waals surface area contributed by atoms with Gasteiger partial charge in [-0.15, -0.1) is 11.3 Å². The zero-order chi connectivity index (χ0) is 19.4. The van der Waals surface area contributed by atoms with Crippen LogP contribution in [0.15, 0.2) is 42.5 Å². The number of carbonyl (C=O) groups excluding carboxylic acids is 1. The molecule has 1 heterocycles. The van der Waals surface area contributed by atoms with Crippen molar-refractivity contribution in [1.82, 2.24) is 4.98 Å². The Labute approximate surface area is 166 Å². The number of anilines is 1. The predicted molar refractivity (Wildman–Crippen MR) is 108 cm³/mol. The van der Waals surface area contributed by atoms with Crippen LogP contribution in [0.3, 0.4) is 0 Å². The summed E-state index contributed by atoms with van der Waals surface area (Å²) in [7, 11) is 1.54. The zero-order valence-electron chi connectivity index (χ0n) is 15.2. The number of ether oxygens (including phenoxy) is 2. The third-order valence-corrected chi connectivity index (χ3v) is 5.42. The molecule has 1 amide bonds. The topological polar surface area (TPSA) is 60.5 Å². The van der Waals surface area contributed by atoms with Gasteiger partial charge in [0.1, 0.15) is 28.0 Å². The molecular weight excluding hydrogens is 384 g/mol. The van der Waals surface area contributed by atoms with E-state index in [2.05, 4.69) is 10.3 Å². The molecule has 2 aromatic carbocycles. The number of methoxy groups -OCH3 is 1. The van der Waals surface area contributed by atoms with E-state index in [1.54, 1.807) is 12.1 Å². The smallest absolute Gasteiger partial charge is 0.267 e. The number of halogens is 1. The number of nitrogens with zero attached hydrogens (tertiary/aromatic N) is 1. The molecule has 0 radical (unpaired) electrons. The lowest BCUT2D eigenvalue weighted by atomic mass is 10.2. The minimum absolute atomic E-state index is 0.240. The Kier molecular flexibility index (Phi) is 5.98. The van der Waals surface area contributed by atoms with Crippen LogP contribution in [-0.4, -0.2) is 18.0 Å². The molecule has 0 aliphatic rings. The second-order valence-electron chi connectivity index (χ2n) is 5.88. The van der Waals surface area contributed by atoms with E-state index in [1.165, 1.54) is 18.4 Å². The Morgan fingerprint density at radius 1 is 1.22 bits per heavy atom. The maximum absolute atomic E-state index is 12.7. The van der Waals surface area contributed by atoms with E-state index < -0.39 is 0 Å². The van der Waals surface area contributed by atoms with Crippen LogP contribution in [0.4, 0.5) is 5.69 Å². The van der Waals surface area contributed by atoms with Gasteiger partial charge in [-0.05, 0) is 37.6 Å². The number of carbonyl (C=O) groups is 1. The monoisotopic (exact) mass is 402 g/mol. The number of thiazole rings is 1. The Morgan fingerprint density at radius 3 is 2.67 bits per heavy atom. The molecule has 0 bridgehead atoms. The fraction of sp³-hybridized carbons (Fsp3) is 0.200. The van der Waals surface area contributed by atoms with Gasteiger partial charge in [-0.25, -0.2) is 4.98 Å².